The fourth-order valence-corrected chi connectivity index (χ4v) is 2.14. The highest BCUT2D eigenvalue weighted by Gasteiger charge is 2.11. The molecule has 2 rings (SSSR count). The van der Waals surface area contributed by atoms with Crippen molar-refractivity contribution >= 4 is 45.0 Å². The molecule has 5 nitrogen and oxygen atoms in total. The number of carbonyl (C=O) groups excluding carboxylic acids is 1. The van der Waals surface area contributed by atoms with Crippen molar-refractivity contribution in [1.29, 1.82) is 0 Å². The second kappa shape index (κ2) is 6.96. The number of hydrogen-bond donors (Lipinski definition) is 0. The second-order valence-corrected chi connectivity index (χ2v) is 5.79. The summed E-state index contributed by atoms with van der Waals surface area (Å²) < 4.78 is 27.8. The van der Waals surface area contributed by atoms with Crippen LogP contribution in [0.15, 0.2) is 22.7 Å². The van der Waals surface area contributed by atoms with Crippen LogP contribution in [0.4, 0.5) is 4.39 Å². The zero-order chi connectivity index (χ0) is 14.5. The van der Waals surface area contributed by atoms with E-state index >= 15 is 0 Å². The summed E-state index contributed by atoms with van der Waals surface area (Å²) >= 11 is 9.86. The Labute approximate surface area is 130 Å². The second-order valence-electron chi connectivity index (χ2n) is 3.52. The van der Waals surface area contributed by atoms with Crippen molar-refractivity contribution in [3.05, 3.63) is 38.5 Å². The van der Waals surface area contributed by atoms with Gasteiger partial charge in [-0.3, -0.25) is 0 Å². The zero-order valence-electron chi connectivity index (χ0n) is 9.81. The molecule has 0 saturated heterocycles. The molecule has 0 atom stereocenters. The quantitative estimate of drug-likeness (QED) is 0.744. The van der Waals surface area contributed by atoms with Crippen molar-refractivity contribution in [2.45, 2.75) is 6.61 Å². The van der Waals surface area contributed by atoms with Crippen molar-refractivity contribution < 1.29 is 18.7 Å². The van der Waals surface area contributed by atoms with Crippen molar-refractivity contribution in [3.8, 4) is 5.75 Å². The Morgan fingerprint density at radius 3 is 2.95 bits per heavy atom. The topological polar surface area (TPSA) is 61.3 Å². The number of rotatable bonds is 5. The van der Waals surface area contributed by atoms with Crippen LogP contribution < -0.4 is 4.74 Å². The summed E-state index contributed by atoms with van der Waals surface area (Å²) in [5.74, 6) is -1.26. The summed E-state index contributed by atoms with van der Waals surface area (Å²) in [6, 6.07) is 4.25. The van der Waals surface area contributed by atoms with Crippen molar-refractivity contribution in [2.24, 2.45) is 0 Å². The van der Waals surface area contributed by atoms with Crippen LogP contribution in [-0.2, 0) is 16.1 Å². The van der Waals surface area contributed by atoms with E-state index in [9.17, 15) is 9.18 Å². The largest absolute Gasteiger partial charge is 0.479 e. The van der Waals surface area contributed by atoms with E-state index in [1.807, 2.05) is 0 Å². The molecule has 0 aliphatic rings. The van der Waals surface area contributed by atoms with E-state index < -0.39 is 18.4 Å². The summed E-state index contributed by atoms with van der Waals surface area (Å²) in [5.41, 5.74) is 0.375. The predicted octanol–water partition coefficient (Wildman–Crippen LogP) is 3.22. The third kappa shape index (κ3) is 4.12. The normalized spacial score (nSPS) is 10.3. The lowest BCUT2D eigenvalue weighted by Crippen LogP contribution is -2.15. The van der Waals surface area contributed by atoms with Gasteiger partial charge in [0, 0.05) is 16.0 Å². The first-order valence-corrected chi connectivity index (χ1v) is 7.21. The molecule has 0 N–H and O–H groups in total. The van der Waals surface area contributed by atoms with Gasteiger partial charge < -0.3 is 9.47 Å². The highest BCUT2D eigenvalue weighted by Crippen LogP contribution is 2.21. The maximum absolute atomic E-state index is 13.4. The van der Waals surface area contributed by atoms with Gasteiger partial charge in [-0.05, 0) is 18.2 Å². The minimum Gasteiger partial charge on any atom is -0.479 e. The molecule has 1 heterocycles. The fourth-order valence-electron chi connectivity index (χ4n) is 1.20. The van der Waals surface area contributed by atoms with E-state index in [1.54, 1.807) is 6.07 Å². The number of halogens is 3. The third-order valence-corrected chi connectivity index (χ3v) is 3.60. The zero-order valence-corrected chi connectivity index (χ0v) is 13.0. The van der Waals surface area contributed by atoms with Gasteiger partial charge in [0.15, 0.2) is 18.2 Å². The van der Waals surface area contributed by atoms with E-state index in [0.29, 0.717) is 14.5 Å². The molecule has 0 aliphatic carbocycles. The Bertz CT molecular complexity index is 625. The van der Waals surface area contributed by atoms with Crippen LogP contribution >= 0.6 is 39.1 Å². The molecule has 1 aromatic carbocycles. The Morgan fingerprint density at radius 1 is 1.50 bits per heavy atom. The molecule has 0 fully saturated rings. The van der Waals surface area contributed by atoms with Gasteiger partial charge in [0.1, 0.15) is 16.6 Å². The van der Waals surface area contributed by atoms with Crippen LogP contribution in [0.5, 0.6) is 5.75 Å². The van der Waals surface area contributed by atoms with Gasteiger partial charge in [-0.15, -0.1) is 5.10 Å². The molecule has 20 heavy (non-hydrogen) atoms. The van der Waals surface area contributed by atoms with E-state index in [2.05, 4.69) is 25.5 Å². The minimum atomic E-state index is -0.656. The van der Waals surface area contributed by atoms with Gasteiger partial charge >= 0.3 is 5.97 Å². The highest BCUT2D eigenvalue weighted by molar-refractivity contribution is 9.10. The number of carbonyl (C=O) groups is 1. The van der Waals surface area contributed by atoms with Crippen LogP contribution in [-0.4, -0.2) is 22.2 Å². The molecule has 1 aromatic heterocycles. The Kier molecular flexibility index (Phi) is 5.27. The van der Waals surface area contributed by atoms with Gasteiger partial charge in [0.05, 0.1) is 0 Å². The molecule has 2 aromatic rings. The smallest absolute Gasteiger partial charge is 0.344 e. The lowest BCUT2D eigenvalue weighted by Gasteiger charge is -2.07. The van der Waals surface area contributed by atoms with E-state index in [-0.39, 0.29) is 12.4 Å². The molecule has 0 saturated carbocycles. The molecule has 0 aliphatic heterocycles. The summed E-state index contributed by atoms with van der Waals surface area (Å²) in [7, 11) is 0. The Hall–Kier alpha value is -1.25. The van der Waals surface area contributed by atoms with Crippen LogP contribution in [0.1, 0.15) is 5.69 Å². The average molecular weight is 382 g/mol. The monoisotopic (exact) mass is 380 g/mol. The van der Waals surface area contributed by atoms with Crippen molar-refractivity contribution in [3.63, 3.8) is 0 Å². The number of hydrogen-bond acceptors (Lipinski definition) is 6. The fraction of sp³-hybridized carbons (Fsp3) is 0.182. The standard InChI is InChI=1S/C11H7BrClFN2O3S/c12-6-1-2-9(7(14)3-6)18-5-10(17)19-4-8-11(13)20-16-15-8/h1-3H,4-5H2. The van der Waals surface area contributed by atoms with Crippen LogP contribution in [0, 0.1) is 5.82 Å². The molecule has 0 unspecified atom stereocenters. The predicted molar refractivity (Wildman–Crippen MR) is 74.3 cm³/mol. The van der Waals surface area contributed by atoms with Crippen LogP contribution in [0.3, 0.4) is 0 Å². The number of esters is 1. The SMILES string of the molecule is O=C(COc1ccc(Br)cc1F)OCc1nnsc1Cl. The van der Waals surface area contributed by atoms with Crippen molar-refractivity contribution in [2.75, 3.05) is 6.61 Å². The molecule has 106 valence electrons. The molecule has 0 bridgehead atoms. The molecular weight excluding hydrogens is 375 g/mol. The number of ether oxygens (including phenoxy) is 2. The number of benzene rings is 1. The van der Waals surface area contributed by atoms with E-state index in [0.717, 1.165) is 11.5 Å². The van der Waals surface area contributed by atoms with Gasteiger partial charge in [-0.25, -0.2) is 9.18 Å². The molecule has 0 amide bonds. The maximum atomic E-state index is 13.4. The maximum Gasteiger partial charge on any atom is 0.344 e. The first kappa shape index (κ1) is 15.1. The van der Waals surface area contributed by atoms with E-state index in [1.165, 1.54) is 12.1 Å². The van der Waals surface area contributed by atoms with Crippen LogP contribution in [0.2, 0.25) is 4.34 Å². The first-order chi connectivity index (χ1) is 9.56. The Balaban J connectivity index is 1.82. The van der Waals surface area contributed by atoms with Crippen molar-refractivity contribution in [1.82, 2.24) is 9.59 Å². The number of nitrogens with zero attached hydrogens (tertiary/aromatic N) is 2. The highest BCUT2D eigenvalue weighted by atomic mass is 79.9. The first-order valence-electron chi connectivity index (χ1n) is 5.26. The number of aromatic nitrogens is 2. The van der Waals surface area contributed by atoms with Gasteiger partial charge in [0.25, 0.3) is 0 Å². The Morgan fingerprint density at radius 2 is 2.30 bits per heavy atom. The third-order valence-electron chi connectivity index (χ3n) is 2.12. The molecule has 9 heteroatoms. The summed E-state index contributed by atoms with van der Waals surface area (Å²) in [5, 5.41) is 3.68. The van der Waals surface area contributed by atoms with E-state index in [4.69, 9.17) is 21.1 Å². The summed E-state index contributed by atoms with van der Waals surface area (Å²) in [6.45, 7) is -0.506. The minimum absolute atomic E-state index is 0.0292. The van der Waals surface area contributed by atoms with Crippen LogP contribution in [0.25, 0.3) is 0 Å². The average Bonchev–Trinajstić information content (AvgIpc) is 2.81. The van der Waals surface area contributed by atoms with Gasteiger partial charge in [0.2, 0.25) is 0 Å². The lowest BCUT2D eigenvalue weighted by molar-refractivity contribution is -0.147. The lowest BCUT2D eigenvalue weighted by atomic mass is 10.3. The van der Waals surface area contributed by atoms with Gasteiger partial charge in [-0.1, -0.05) is 32.0 Å². The molecular formula is C11H7BrClFN2O3S. The molecule has 0 spiro atoms. The molecule has 0 radical (unpaired) electrons. The van der Waals surface area contributed by atoms with Gasteiger partial charge in [-0.2, -0.15) is 0 Å². The summed E-state index contributed by atoms with van der Waals surface area (Å²) in [4.78, 5) is 11.4. The summed E-state index contributed by atoms with van der Waals surface area (Å²) in [6.07, 6.45) is 0.